The molecule has 0 spiro atoms. The van der Waals surface area contributed by atoms with Crippen molar-refractivity contribution >= 4 is 11.9 Å². The third kappa shape index (κ3) is 5.69. The Morgan fingerprint density at radius 2 is 1.80 bits per heavy atom. The Balaban J connectivity index is 2.36. The minimum atomic E-state index is -0.887. The van der Waals surface area contributed by atoms with Crippen LogP contribution in [0.3, 0.4) is 0 Å². The molecule has 0 aliphatic heterocycles. The molecule has 1 rings (SSSR count). The van der Waals surface area contributed by atoms with Crippen molar-refractivity contribution in [3.05, 3.63) is 30.1 Å². The van der Waals surface area contributed by atoms with E-state index in [0.717, 1.165) is 0 Å². The topological polar surface area (TPSA) is 64.6 Å². The number of ether oxygens (including phenoxy) is 2. The fourth-order valence-corrected chi connectivity index (χ4v) is 1.36. The van der Waals surface area contributed by atoms with E-state index in [2.05, 4.69) is 5.32 Å². The fraction of sp³-hybridized carbons (Fsp3) is 0.429. The monoisotopic (exact) mass is 283 g/mol. The first-order valence-electron chi connectivity index (χ1n) is 6.26. The van der Waals surface area contributed by atoms with Crippen LogP contribution in [0.5, 0.6) is 5.75 Å². The number of halogens is 1. The lowest BCUT2D eigenvalue weighted by atomic mass is 10.3. The number of amides is 1. The van der Waals surface area contributed by atoms with E-state index in [4.69, 9.17) is 9.47 Å². The van der Waals surface area contributed by atoms with Gasteiger partial charge in [0.15, 0.2) is 12.7 Å². The Labute approximate surface area is 117 Å². The van der Waals surface area contributed by atoms with E-state index in [9.17, 15) is 14.0 Å². The normalized spacial score (nSPS) is 11.8. The van der Waals surface area contributed by atoms with Gasteiger partial charge in [0.05, 0.1) is 0 Å². The standard InChI is InChI=1S/C14H18FNO4/c1-9(2)16-14(18)10(3)20-13(17)8-19-12-6-4-11(15)5-7-12/h4-7,9-10H,8H2,1-3H3,(H,16,18)/t10-/m1/s1. The summed E-state index contributed by atoms with van der Waals surface area (Å²) in [6, 6.07) is 5.22. The summed E-state index contributed by atoms with van der Waals surface area (Å²) >= 11 is 0. The molecule has 5 nitrogen and oxygen atoms in total. The second-order valence-corrected chi connectivity index (χ2v) is 4.54. The smallest absolute Gasteiger partial charge is 0.344 e. The number of rotatable bonds is 6. The summed E-state index contributed by atoms with van der Waals surface area (Å²) in [6.07, 6.45) is -0.887. The van der Waals surface area contributed by atoms with Gasteiger partial charge < -0.3 is 14.8 Å². The molecule has 0 saturated heterocycles. The Hall–Kier alpha value is -2.11. The van der Waals surface area contributed by atoms with Crippen molar-refractivity contribution in [2.75, 3.05) is 6.61 Å². The SMILES string of the molecule is CC(C)NC(=O)[C@@H](C)OC(=O)COc1ccc(F)cc1. The second kappa shape index (κ2) is 7.47. The summed E-state index contributed by atoms with van der Waals surface area (Å²) in [5.74, 6) is -1.07. The summed E-state index contributed by atoms with van der Waals surface area (Å²) in [4.78, 5) is 23.0. The molecule has 1 aromatic carbocycles. The Morgan fingerprint density at radius 1 is 1.20 bits per heavy atom. The number of hydrogen-bond acceptors (Lipinski definition) is 4. The lowest BCUT2D eigenvalue weighted by Crippen LogP contribution is -2.40. The summed E-state index contributed by atoms with van der Waals surface area (Å²) in [7, 11) is 0. The molecule has 0 saturated carbocycles. The molecule has 110 valence electrons. The van der Waals surface area contributed by atoms with Gasteiger partial charge in [0.1, 0.15) is 11.6 Å². The molecule has 0 bridgehead atoms. The van der Waals surface area contributed by atoms with Crippen molar-refractivity contribution in [3.63, 3.8) is 0 Å². The first kappa shape index (κ1) is 15.9. The first-order valence-corrected chi connectivity index (χ1v) is 6.26. The average Bonchev–Trinajstić information content (AvgIpc) is 2.37. The maximum absolute atomic E-state index is 12.7. The zero-order valence-corrected chi connectivity index (χ0v) is 11.7. The van der Waals surface area contributed by atoms with E-state index in [1.54, 1.807) is 0 Å². The van der Waals surface area contributed by atoms with Gasteiger partial charge in [-0.15, -0.1) is 0 Å². The molecular formula is C14H18FNO4. The molecule has 0 aliphatic rings. The van der Waals surface area contributed by atoms with Crippen molar-refractivity contribution in [3.8, 4) is 5.75 Å². The van der Waals surface area contributed by atoms with Gasteiger partial charge in [0.2, 0.25) is 0 Å². The van der Waals surface area contributed by atoms with Crippen molar-refractivity contribution in [1.29, 1.82) is 0 Å². The molecule has 0 fully saturated rings. The van der Waals surface area contributed by atoms with Crippen LogP contribution in [0.2, 0.25) is 0 Å². The van der Waals surface area contributed by atoms with E-state index in [-0.39, 0.29) is 24.4 Å². The summed E-state index contributed by atoms with van der Waals surface area (Å²) in [6.45, 7) is 4.76. The Bertz CT molecular complexity index is 459. The minimum Gasteiger partial charge on any atom is -0.482 e. The Kier molecular flexibility index (Phi) is 5.96. The maximum Gasteiger partial charge on any atom is 0.344 e. The molecule has 0 heterocycles. The molecule has 6 heteroatoms. The van der Waals surface area contributed by atoms with Gasteiger partial charge in [0.25, 0.3) is 5.91 Å². The van der Waals surface area contributed by atoms with Crippen LogP contribution in [0, 0.1) is 5.82 Å². The van der Waals surface area contributed by atoms with Gasteiger partial charge >= 0.3 is 5.97 Å². The number of esters is 1. The number of benzene rings is 1. The van der Waals surface area contributed by atoms with E-state index >= 15 is 0 Å². The van der Waals surface area contributed by atoms with Gasteiger partial charge in [-0.2, -0.15) is 0 Å². The van der Waals surface area contributed by atoms with Crippen molar-refractivity contribution in [2.45, 2.75) is 32.9 Å². The van der Waals surface area contributed by atoms with Crippen LogP contribution in [0.25, 0.3) is 0 Å². The zero-order chi connectivity index (χ0) is 15.1. The zero-order valence-electron chi connectivity index (χ0n) is 11.7. The molecule has 1 amide bonds. The average molecular weight is 283 g/mol. The Morgan fingerprint density at radius 3 is 2.35 bits per heavy atom. The van der Waals surface area contributed by atoms with Crippen LogP contribution in [0.4, 0.5) is 4.39 Å². The minimum absolute atomic E-state index is 0.0286. The molecule has 1 aromatic rings. The lowest BCUT2D eigenvalue weighted by molar-refractivity contribution is -0.156. The van der Waals surface area contributed by atoms with E-state index in [1.807, 2.05) is 13.8 Å². The molecular weight excluding hydrogens is 265 g/mol. The number of hydrogen-bond donors (Lipinski definition) is 1. The summed E-state index contributed by atoms with van der Waals surface area (Å²) in [5.41, 5.74) is 0. The van der Waals surface area contributed by atoms with Gasteiger partial charge in [-0.25, -0.2) is 9.18 Å². The highest BCUT2D eigenvalue weighted by atomic mass is 19.1. The largest absolute Gasteiger partial charge is 0.482 e. The van der Waals surface area contributed by atoms with Gasteiger partial charge in [-0.1, -0.05) is 0 Å². The molecule has 0 unspecified atom stereocenters. The van der Waals surface area contributed by atoms with Crippen molar-refractivity contribution < 1.29 is 23.5 Å². The predicted molar refractivity (Wildman–Crippen MR) is 70.7 cm³/mol. The third-order valence-corrected chi connectivity index (χ3v) is 2.28. The highest BCUT2D eigenvalue weighted by molar-refractivity contribution is 5.83. The van der Waals surface area contributed by atoms with Gasteiger partial charge in [0, 0.05) is 6.04 Å². The molecule has 0 radical (unpaired) electrons. The fourth-order valence-electron chi connectivity index (χ4n) is 1.36. The van der Waals surface area contributed by atoms with E-state index in [0.29, 0.717) is 5.75 Å². The van der Waals surface area contributed by atoms with Crippen LogP contribution in [0.1, 0.15) is 20.8 Å². The third-order valence-electron chi connectivity index (χ3n) is 2.28. The lowest BCUT2D eigenvalue weighted by Gasteiger charge is -2.15. The molecule has 1 atom stereocenters. The molecule has 0 aromatic heterocycles. The number of nitrogens with one attached hydrogen (secondary N) is 1. The predicted octanol–water partition coefficient (Wildman–Crippen LogP) is 1.66. The summed E-state index contributed by atoms with van der Waals surface area (Å²) in [5, 5.41) is 2.63. The second-order valence-electron chi connectivity index (χ2n) is 4.54. The highest BCUT2D eigenvalue weighted by Crippen LogP contribution is 2.10. The van der Waals surface area contributed by atoms with Crippen molar-refractivity contribution in [1.82, 2.24) is 5.32 Å². The van der Waals surface area contributed by atoms with Crippen LogP contribution < -0.4 is 10.1 Å². The highest BCUT2D eigenvalue weighted by Gasteiger charge is 2.18. The molecule has 0 aliphatic carbocycles. The number of carbonyl (C=O) groups is 2. The molecule has 20 heavy (non-hydrogen) atoms. The van der Waals surface area contributed by atoms with E-state index < -0.39 is 12.1 Å². The van der Waals surface area contributed by atoms with Crippen LogP contribution in [-0.2, 0) is 14.3 Å². The van der Waals surface area contributed by atoms with Gasteiger partial charge in [-0.3, -0.25) is 4.79 Å². The number of carbonyl (C=O) groups excluding carboxylic acids is 2. The quantitative estimate of drug-likeness (QED) is 0.806. The summed E-state index contributed by atoms with van der Waals surface area (Å²) < 4.78 is 22.7. The first-order chi connectivity index (χ1) is 9.38. The van der Waals surface area contributed by atoms with Crippen LogP contribution >= 0.6 is 0 Å². The van der Waals surface area contributed by atoms with Crippen molar-refractivity contribution in [2.24, 2.45) is 0 Å². The van der Waals surface area contributed by atoms with E-state index in [1.165, 1.54) is 31.2 Å². The van der Waals surface area contributed by atoms with Crippen LogP contribution in [-0.4, -0.2) is 30.6 Å². The maximum atomic E-state index is 12.7. The van der Waals surface area contributed by atoms with Gasteiger partial charge in [-0.05, 0) is 45.0 Å². The molecule has 1 N–H and O–H groups in total. The van der Waals surface area contributed by atoms with Crippen LogP contribution in [0.15, 0.2) is 24.3 Å².